The number of nitrogens with zero attached hydrogens (tertiary/aromatic N) is 1. The highest BCUT2D eigenvalue weighted by Gasteiger charge is 2.14. The first-order chi connectivity index (χ1) is 7.67. The first-order valence-corrected chi connectivity index (χ1v) is 5.46. The Hall–Kier alpha value is -1.67. The Labute approximate surface area is 101 Å². The molecule has 0 saturated heterocycles. The molecule has 0 saturated carbocycles. The molecule has 0 N–H and O–H groups in total. The van der Waals surface area contributed by atoms with Gasteiger partial charge in [0.05, 0.1) is 23.6 Å². The molecule has 0 aliphatic rings. The highest BCUT2D eigenvalue weighted by atomic mass is 79.9. The third-order valence-corrected chi connectivity index (χ3v) is 2.55. The van der Waals surface area contributed by atoms with E-state index in [1.807, 2.05) is 6.07 Å². The van der Waals surface area contributed by atoms with Crippen molar-refractivity contribution in [1.29, 1.82) is 5.26 Å². The fourth-order valence-corrected chi connectivity index (χ4v) is 1.57. The number of halogens is 1. The molecule has 1 aromatic carbocycles. The summed E-state index contributed by atoms with van der Waals surface area (Å²) >= 11 is 3.04. The summed E-state index contributed by atoms with van der Waals surface area (Å²) in [5.41, 5.74) is 0.644. The molecule has 0 aromatic heterocycles. The van der Waals surface area contributed by atoms with Gasteiger partial charge < -0.3 is 4.74 Å². The Kier molecular flexibility index (Phi) is 4.20. The van der Waals surface area contributed by atoms with Gasteiger partial charge in [-0.3, -0.25) is 9.59 Å². The van der Waals surface area contributed by atoms with Gasteiger partial charge in [0.15, 0.2) is 12.1 Å². The number of methoxy groups -OCH3 is 1. The molecule has 0 bridgehead atoms. The lowest BCUT2D eigenvalue weighted by molar-refractivity contribution is 0.102. The van der Waals surface area contributed by atoms with Gasteiger partial charge in [0, 0.05) is 5.56 Å². The molecule has 82 valence electrons. The zero-order chi connectivity index (χ0) is 12.1. The number of hydrogen-bond donors (Lipinski definition) is 0. The smallest absolute Gasteiger partial charge is 0.173 e. The predicted molar refractivity (Wildman–Crippen MR) is 61.2 cm³/mol. The number of hydrogen-bond acceptors (Lipinski definition) is 4. The molecule has 1 aromatic rings. The summed E-state index contributed by atoms with van der Waals surface area (Å²) in [5, 5.41) is 9.02. The third-order valence-electron chi connectivity index (χ3n) is 2.04. The van der Waals surface area contributed by atoms with Gasteiger partial charge in [-0.15, -0.1) is 0 Å². The second kappa shape index (κ2) is 5.42. The topological polar surface area (TPSA) is 67.2 Å². The molecule has 0 heterocycles. The van der Waals surface area contributed by atoms with Crippen LogP contribution in [0.2, 0.25) is 0 Å². The molecule has 0 unspecified atom stereocenters. The standard InChI is InChI=1S/C11H8BrNO3/c1-16-11-3-7(10(15)4-12)2-8(5-13)9(11)6-14/h2-3,6H,4H2,1H3. The molecule has 0 aliphatic heterocycles. The molecule has 16 heavy (non-hydrogen) atoms. The predicted octanol–water partition coefficient (Wildman–Crippen LogP) is 1.96. The molecule has 0 fully saturated rings. The van der Waals surface area contributed by atoms with Crippen LogP contribution in [0, 0.1) is 11.3 Å². The van der Waals surface area contributed by atoms with Crippen LogP contribution in [-0.2, 0) is 0 Å². The van der Waals surface area contributed by atoms with Crippen LogP contribution in [-0.4, -0.2) is 24.5 Å². The number of benzene rings is 1. The van der Waals surface area contributed by atoms with Gasteiger partial charge in [0.1, 0.15) is 11.8 Å². The lowest BCUT2D eigenvalue weighted by atomic mass is 10.0. The van der Waals surface area contributed by atoms with Gasteiger partial charge in [0.25, 0.3) is 0 Å². The average Bonchev–Trinajstić information content (AvgIpc) is 2.35. The van der Waals surface area contributed by atoms with Gasteiger partial charge in [-0.2, -0.15) is 5.26 Å². The van der Waals surface area contributed by atoms with Gasteiger partial charge in [0.2, 0.25) is 0 Å². The fraction of sp³-hybridized carbons (Fsp3) is 0.182. The molecule has 0 amide bonds. The van der Waals surface area contributed by atoms with Gasteiger partial charge in [-0.25, -0.2) is 0 Å². The largest absolute Gasteiger partial charge is 0.496 e. The van der Waals surface area contributed by atoms with Crippen molar-refractivity contribution < 1.29 is 14.3 Å². The number of Topliss-reactive ketones (excluding diaryl/α,β-unsaturated/α-hetero) is 1. The quantitative estimate of drug-likeness (QED) is 0.481. The molecular formula is C11H8BrNO3. The minimum Gasteiger partial charge on any atom is -0.496 e. The van der Waals surface area contributed by atoms with E-state index >= 15 is 0 Å². The lowest BCUT2D eigenvalue weighted by Crippen LogP contribution is -2.04. The summed E-state index contributed by atoms with van der Waals surface area (Å²) in [6, 6.07) is 4.70. The molecule has 1 rings (SSSR count). The zero-order valence-corrected chi connectivity index (χ0v) is 10.1. The number of nitriles is 1. The van der Waals surface area contributed by atoms with E-state index in [1.165, 1.54) is 19.2 Å². The molecule has 5 heteroatoms. The third kappa shape index (κ3) is 2.28. The van der Waals surface area contributed by atoms with Gasteiger partial charge in [-0.1, -0.05) is 15.9 Å². The maximum absolute atomic E-state index is 11.4. The van der Waals surface area contributed by atoms with Crippen molar-refractivity contribution in [1.82, 2.24) is 0 Å². The Morgan fingerprint density at radius 3 is 2.75 bits per heavy atom. The van der Waals surface area contributed by atoms with Crippen LogP contribution < -0.4 is 4.74 Å². The van der Waals surface area contributed by atoms with Crippen LogP contribution in [0.4, 0.5) is 0 Å². The zero-order valence-electron chi connectivity index (χ0n) is 8.49. The van der Waals surface area contributed by atoms with E-state index in [-0.39, 0.29) is 28.0 Å². The Balaban J connectivity index is 3.44. The van der Waals surface area contributed by atoms with Crippen LogP contribution in [0.5, 0.6) is 5.75 Å². The summed E-state index contributed by atoms with van der Waals surface area (Å²) in [7, 11) is 1.38. The van der Waals surface area contributed by atoms with Crippen LogP contribution in [0.15, 0.2) is 12.1 Å². The first-order valence-electron chi connectivity index (χ1n) is 4.34. The fourth-order valence-electron chi connectivity index (χ4n) is 1.25. The average molecular weight is 282 g/mol. The van der Waals surface area contributed by atoms with E-state index in [1.54, 1.807) is 0 Å². The van der Waals surface area contributed by atoms with Crippen molar-refractivity contribution in [3.05, 3.63) is 28.8 Å². The Morgan fingerprint density at radius 1 is 1.62 bits per heavy atom. The van der Waals surface area contributed by atoms with Crippen LogP contribution in [0.1, 0.15) is 26.3 Å². The highest BCUT2D eigenvalue weighted by Crippen LogP contribution is 2.23. The summed E-state index contributed by atoms with van der Waals surface area (Å²) in [6.45, 7) is 0. The number of alkyl halides is 1. The summed E-state index contributed by atoms with van der Waals surface area (Å²) in [4.78, 5) is 22.2. The van der Waals surface area contributed by atoms with Gasteiger partial charge >= 0.3 is 0 Å². The van der Waals surface area contributed by atoms with E-state index < -0.39 is 0 Å². The van der Waals surface area contributed by atoms with Gasteiger partial charge in [-0.05, 0) is 12.1 Å². The number of carbonyl (C=O) groups excluding carboxylic acids is 2. The van der Waals surface area contributed by atoms with E-state index in [2.05, 4.69) is 15.9 Å². The summed E-state index contributed by atoms with van der Waals surface area (Å²) in [5.74, 6) is 0.0607. The molecule has 0 aliphatic carbocycles. The van der Waals surface area contributed by atoms with E-state index in [4.69, 9.17) is 10.00 Å². The van der Waals surface area contributed by atoms with Crippen LogP contribution in [0.25, 0.3) is 0 Å². The van der Waals surface area contributed by atoms with Crippen molar-refractivity contribution in [2.45, 2.75) is 0 Å². The van der Waals surface area contributed by atoms with Crippen molar-refractivity contribution in [3.8, 4) is 11.8 Å². The van der Waals surface area contributed by atoms with E-state index in [0.717, 1.165) is 0 Å². The van der Waals surface area contributed by atoms with Crippen molar-refractivity contribution >= 4 is 28.0 Å². The van der Waals surface area contributed by atoms with E-state index in [0.29, 0.717) is 11.8 Å². The minimum absolute atomic E-state index is 0.138. The maximum Gasteiger partial charge on any atom is 0.173 e. The molecule has 4 nitrogen and oxygen atoms in total. The van der Waals surface area contributed by atoms with Crippen molar-refractivity contribution in [2.24, 2.45) is 0 Å². The first kappa shape index (κ1) is 12.4. The monoisotopic (exact) mass is 281 g/mol. The molecule has 0 atom stereocenters. The van der Waals surface area contributed by atoms with Crippen LogP contribution >= 0.6 is 15.9 Å². The summed E-state index contributed by atoms with van der Waals surface area (Å²) < 4.78 is 4.96. The number of rotatable bonds is 4. The molecule has 0 spiro atoms. The normalized spacial score (nSPS) is 9.31. The minimum atomic E-state index is -0.174. The van der Waals surface area contributed by atoms with Crippen LogP contribution in [0.3, 0.4) is 0 Å². The maximum atomic E-state index is 11.4. The number of carbonyl (C=O) groups is 2. The van der Waals surface area contributed by atoms with Crippen molar-refractivity contribution in [2.75, 3.05) is 12.4 Å². The van der Waals surface area contributed by atoms with E-state index in [9.17, 15) is 9.59 Å². The second-order valence-corrected chi connectivity index (χ2v) is 3.49. The Bertz CT molecular complexity index is 477. The highest BCUT2D eigenvalue weighted by molar-refractivity contribution is 9.09. The second-order valence-electron chi connectivity index (χ2n) is 2.93. The molecular weight excluding hydrogens is 274 g/mol. The SMILES string of the molecule is COc1cc(C(=O)CBr)cc(C#N)c1C=O. The number of aldehydes is 1. The Morgan fingerprint density at radius 2 is 2.31 bits per heavy atom. The lowest BCUT2D eigenvalue weighted by Gasteiger charge is -2.07. The summed E-state index contributed by atoms with van der Waals surface area (Å²) in [6.07, 6.45) is 0.541. The van der Waals surface area contributed by atoms with Crippen molar-refractivity contribution in [3.63, 3.8) is 0 Å². The number of ether oxygens (including phenoxy) is 1. The molecule has 0 radical (unpaired) electrons. The number of ketones is 1.